The summed E-state index contributed by atoms with van der Waals surface area (Å²) < 4.78 is 0. The normalized spacial score (nSPS) is 11.3. The maximum absolute atomic E-state index is 11.0. The number of nitrogens with two attached hydrogens (primary N) is 1. The molecule has 0 saturated carbocycles. The lowest BCUT2D eigenvalue weighted by atomic mass is 10.1. The second kappa shape index (κ2) is 3.01. The Bertz CT molecular complexity index is 126. The van der Waals surface area contributed by atoms with E-state index >= 15 is 0 Å². The maximum atomic E-state index is 11.0. The number of nitrogens with zero attached hydrogens (tertiary/aromatic N) is 1. The first kappa shape index (κ1) is 9.43. The van der Waals surface area contributed by atoms with E-state index in [2.05, 4.69) is 0 Å². The molecule has 0 aliphatic carbocycles. The first-order valence-electron chi connectivity index (χ1n) is 3.36. The van der Waals surface area contributed by atoms with Crippen LogP contribution in [0.1, 0.15) is 20.8 Å². The number of hydrogen-bond donors (Lipinski definition) is 1. The molecule has 0 spiro atoms. The van der Waals surface area contributed by atoms with E-state index in [1.807, 2.05) is 20.8 Å². The second-order valence-corrected chi connectivity index (χ2v) is 3.33. The third-order valence-corrected chi connectivity index (χ3v) is 1.55. The van der Waals surface area contributed by atoms with E-state index in [4.69, 9.17) is 5.73 Å². The van der Waals surface area contributed by atoms with Gasteiger partial charge in [-0.2, -0.15) is 0 Å². The van der Waals surface area contributed by atoms with Crippen LogP contribution >= 0.6 is 0 Å². The van der Waals surface area contributed by atoms with Crippen molar-refractivity contribution < 1.29 is 4.79 Å². The predicted octanol–water partition coefficient (Wildman–Crippen LogP) is 0.202. The van der Waals surface area contributed by atoms with E-state index in [0.29, 0.717) is 0 Å². The molecule has 10 heavy (non-hydrogen) atoms. The number of carbonyl (C=O) groups excluding carboxylic acids is 1. The van der Waals surface area contributed by atoms with Gasteiger partial charge in [-0.15, -0.1) is 0 Å². The zero-order chi connectivity index (χ0) is 8.36. The Labute approximate surface area is 62.2 Å². The summed E-state index contributed by atoms with van der Waals surface area (Å²) in [5.41, 5.74) is 5.06. The van der Waals surface area contributed by atoms with Gasteiger partial charge in [0.1, 0.15) is 0 Å². The molecule has 0 aliphatic heterocycles. The Kier molecular flexibility index (Phi) is 2.84. The highest BCUT2D eigenvalue weighted by Crippen LogP contribution is 2.09. The summed E-state index contributed by atoms with van der Waals surface area (Å²) in [4.78, 5) is 12.6. The Morgan fingerprint density at radius 1 is 1.50 bits per heavy atom. The topological polar surface area (TPSA) is 46.3 Å². The quantitative estimate of drug-likeness (QED) is 0.571. The Morgan fingerprint density at radius 2 is 1.90 bits per heavy atom. The van der Waals surface area contributed by atoms with Gasteiger partial charge in [0.25, 0.3) is 0 Å². The lowest BCUT2D eigenvalue weighted by Gasteiger charge is -2.31. The van der Waals surface area contributed by atoms with Gasteiger partial charge in [0.05, 0.1) is 6.54 Å². The lowest BCUT2D eigenvalue weighted by molar-refractivity contribution is -0.132. The minimum absolute atomic E-state index is 0.0208. The highest BCUT2D eigenvalue weighted by atomic mass is 16.2. The molecule has 0 unspecified atom stereocenters. The summed E-state index contributed by atoms with van der Waals surface area (Å²) in [7, 11) is 1.76. The van der Waals surface area contributed by atoms with Crippen LogP contribution in [0.2, 0.25) is 0 Å². The molecule has 1 amide bonds. The van der Waals surface area contributed by atoms with Crippen LogP contribution in [0.4, 0.5) is 0 Å². The molecule has 0 aromatic heterocycles. The smallest absolute Gasteiger partial charge is 0.236 e. The van der Waals surface area contributed by atoms with E-state index < -0.39 is 0 Å². The Morgan fingerprint density at radius 3 is 2.00 bits per heavy atom. The van der Waals surface area contributed by atoms with Gasteiger partial charge < -0.3 is 10.6 Å². The third-order valence-electron chi connectivity index (χ3n) is 1.55. The van der Waals surface area contributed by atoms with Gasteiger partial charge in [0.2, 0.25) is 5.91 Å². The number of rotatable bonds is 1. The van der Waals surface area contributed by atoms with Gasteiger partial charge in [0.15, 0.2) is 0 Å². The molecule has 0 aromatic carbocycles. The van der Waals surface area contributed by atoms with Crippen molar-refractivity contribution in [1.29, 1.82) is 0 Å². The van der Waals surface area contributed by atoms with Crippen LogP contribution in [0.5, 0.6) is 0 Å². The van der Waals surface area contributed by atoms with E-state index in [9.17, 15) is 4.79 Å². The largest absolute Gasteiger partial charge is 0.340 e. The van der Waals surface area contributed by atoms with Crippen molar-refractivity contribution in [2.75, 3.05) is 13.6 Å². The van der Waals surface area contributed by atoms with Crippen LogP contribution in [-0.4, -0.2) is 29.9 Å². The van der Waals surface area contributed by atoms with Crippen LogP contribution in [0, 0.1) is 0 Å². The van der Waals surface area contributed by atoms with Crippen molar-refractivity contribution in [3.63, 3.8) is 0 Å². The standard InChI is InChI=1S/C7H16N2O/c1-7(2,3)9(4)6(10)5-8/h5,8H2,1-4H3. The number of carbonyl (C=O) groups is 1. The molecule has 0 aromatic rings. The van der Waals surface area contributed by atoms with Gasteiger partial charge in [0, 0.05) is 12.6 Å². The molecule has 0 aliphatic rings. The summed E-state index contributed by atoms with van der Waals surface area (Å²) in [6.07, 6.45) is 0. The van der Waals surface area contributed by atoms with Crippen LogP contribution in [0.3, 0.4) is 0 Å². The first-order valence-corrected chi connectivity index (χ1v) is 3.36. The van der Waals surface area contributed by atoms with Gasteiger partial charge in [-0.3, -0.25) is 4.79 Å². The van der Waals surface area contributed by atoms with Gasteiger partial charge >= 0.3 is 0 Å². The van der Waals surface area contributed by atoms with E-state index in [1.165, 1.54) is 0 Å². The summed E-state index contributed by atoms with van der Waals surface area (Å²) >= 11 is 0. The number of likely N-dealkylation sites (N-methyl/N-ethyl adjacent to an activating group) is 1. The zero-order valence-electron chi connectivity index (χ0n) is 7.14. The highest BCUT2D eigenvalue weighted by Gasteiger charge is 2.20. The molecule has 3 nitrogen and oxygen atoms in total. The highest BCUT2D eigenvalue weighted by molar-refractivity contribution is 5.78. The molecule has 0 fully saturated rings. The number of amides is 1. The van der Waals surface area contributed by atoms with Crippen LogP contribution < -0.4 is 5.73 Å². The van der Waals surface area contributed by atoms with Crippen LogP contribution in [-0.2, 0) is 4.79 Å². The monoisotopic (exact) mass is 144 g/mol. The average Bonchev–Trinajstić information content (AvgIpc) is 1.83. The van der Waals surface area contributed by atoms with Crippen molar-refractivity contribution >= 4 is 5.91 Å². The van der Waals surface area contributed by atoms with E-state index in [-0.39, 0.29) is 18.0 Å². The molecule has 0 atom stereocenters. The van der Waals surface area contributed by atoms with Crippen molar-refractivity contribution in [1.82, 2.24) is 4.90 Å². The van der Waals surface area contributed by atoms with Gasteiger partial charge in [-0.1, -0.05) is 0 Å². The zero-order valence-corrected chi connectivity index (χ0v) is 7.14. The fourth-order valence-corrected chi connectivity index (χ4v) is 0.511. The van der Waals surface area contributed by atoms with Crippen LogP contribution in [0.25, 0.3) is 0 Å². The molecule has 0 bridgehead atoms. The minimum atomic E-state index is -0.115. The summed E-state index contributed by atoms with van der Waals surface area (Å²) in [6.45, 7) is 6.01. The second-order valence-electron chi connectivity index (χ2n) is 3.33. The Balaban J connectivity index is 4.08. The Hall–Kier alpha value is -0.570. The molecule has 2 N–H and O–H groups in total. The minimum Gasteiger partial charge on any atom is -0.340 e. The molecule has 3 heteroatoms. The van der Waals surface area contributed by atoms with Gasteiger partial charge in [-0.25, -0.2) is 0 Å². The fourth-order valence-electron chi connectivity index (χ4n) is 0.511. The molecule has 0 radical (unpaired) electrons. The van der Waals surface area contributed by atoms with Crippen molar-refractivity contribution in [2.24, 2.45) is 5.73 Å². The van der Waals surface area contributed by atoms with Crippen molar-refractivity contribution in [3.05, 3.63) is 0 Å². The SMILES string of the molecule is CN(C(=O)CN)C(C)(C)C. The average molecular weight is 144 g/mol. The van der Waals surface area contributed by atoms with Crippen molar-refractivity contribution in [2.45, 2.75) is 26.3 Å². The molecule has 0 saturated heterocycles. The molecule has 0 rings (SSSR count). The lowest BCUT2D eigenvalue weighted by Crippen LogP contribution is -2.45. The van der Waals surface area contributed by atoms with Crippen LogP contribution in [0.15, 0.2) is 0 Å². The summed E-state index contributed by atoms with van der Waals surface area (Å²) in [5.74, 6) is -0.0208. The third kappa shape index (κ3) is 2.35. The summed E-state index contributed by atoms with van der Waals surface area (Å²) in [6, 6.07) is 0. The van der Waals surface area contributed by atoms with Crippen molar-refractivity contribution in [3.8, 4) is 0 Å². The summed E-state index contributed by atoms with van der Waals surface area (Å²) in [5, 5.41) is 0. The molecular weight excluding hydrogens is 128 g/mol. The molecular formula is C7H16N2O. The number of hydrogen-bond acceptors (Lipinski definition) is 2. The molecule has 0 heterocycles. The molecule has 60 valence electrons. The maximum Gasteiger partial charge on any atom is 0.236 e. The predicted molar refractivity (Wildman–Crippen MR) is 41.6 cm³/mol. The van der Waals surface area contributed by atoms with E-state index in [0.717, 1.165) is 0 Å². The van der Waals surface area contributed by atoms with E-state index in [1.54, 1.807) is 11.9 Å². The van der Waals surface area contributed by atoms with Gasteiger partial charge in [-0.05, 0) is 20.8 Å². The first-order chi connectivity index (χ1) is 4.39. The fraction of sp³-hybridized carbons (Fsp3) is 0.857.